The second kappa shape index (κ2) is 8.58. The number of amides is 2. The van der Waals surface area contributed by atoms with Gasteiger partial charge < -0.3 is 14.6 Å². The molecule has 0 unspecified atom stereocenters. The Morgan fingerprint density at radius 3 is 2.75 bits per heavy atom. The summed E-state index contributed by atoms with van der Waals surface area (Å²) in [6.07, 6.45) is 1.54. The average molecular weight is 420 g/mol. The maximum Gasteiger partial charge on any atom is 0.293 e. The van der Waals surface area contributed by atoms with E-state index in [1.165, 1.54) is 19.2 Å². The number of rotatable bonds is 6. The van der Waals surface area contributed by atoms with Crippen LogP contribution in [-0.4, -0.2) is 41.4 Å². The van der Waals surface area contributed by atoms with E-state index < -0.39 is 5.91 Å². The number of carbonyl (C=O) groups is 2. The highest BCUT2D eigenvalue weighted by atomic mass is 35.5. The molecule has 8 heteroatoms. The van der Waals surface area contributed by atoms with E-state index in [0.717, 1.165) is 22.2 Å². The van der Waals surface area contributed by atoms with Crippen LogP contribution >= 0.6 is 23.4 Å². The Balaban J connectivity index is 1.69. The third kappa shape index (κ3) is 4.43. The molecule has 0 bridgehead atoms. The molecule has 0 aromatic heterocycles. The number of imide groups is 1. The second-order valence-corrected chi connectivity index (χ2v) is 7.45. The van der Waals surface area contributed by atoms with Gasteiger partial charge in [0.1, 0.15) is 12.4 Å². The number of methoxy groups -OCH3 is 1. The minimum Gasteiger partial charge on any atom is -0.503 e. The Hall–Kier alpha value is -2.64. The van der Waals surface area contributed by atoms with Crippen LogP contribution in [0.4, 0.5) is 4.79 Å². The smallest absolute Gasteiger partial charge is 0.293 e. The number of hydrogen-bond acceptors (Lipinski definition) is 6. The molecule has 6 nitrogen and oxygen atoms in total. The number of carbonyl (C=O) groups excluding carboxylic acids is 2. The molecule has 1 aliphatic rings. The second-order valence-electron chi connectivity index (χ2n) is 6.05. The summed E-state index contributed by atoms with van der Waals surface area (Å²) < 4.78 is 10.7. The monoisotopic (exact) mass is 419 g/mol. The van der Waals surface area contributed by atoms with Crippen LogP contribution in [0.15, 0.2) is 41.3 Å². The number of aromatic hydroxyl groups is 1. The standard InChI is InChI=1S/C20H18ClNO5S/c1-12-4-3-5-14(8-12)27-7-6-22-19(24)17(28-20(22)25)11-13-9-15(21)18(23)16(10-13)26-2/h3-5,8-11,23H,6-7H2,1-2H3/b17-11-. The highest BCUT2D eigenvalue weighted by Crippen LogP contribution is 2.37. The van der Waals surface area contributed by atoms with Crippen LogP contribution in [0.3, 0.4) is 0 Å². The fourth-order valence-corrected chi connectivity index (χ4v) is 3.72. The molecule has 146 valence electrons. The van der Waals surface area contributed by atoms with Crippen molar-refractivity contribution in [2.75, 3.05) is 20.3 Å². The van der Waals surface area contributed by atoms with Crippen LogP contribution in [0.1, 0.15) is 11.1 Å². The van der Waals surface area contributed by atoms with Crippen LogP contribution in [0.25, 0.3) is 6.08 Å². The summed E-state index contributed by atoms with van der Waals surface area (Å²) in [4.78, 5) is 26.2. The number of halogens is 1. The van der Waals surface area contributed by atoms with E-state index in [1.807, 2.05) is 31.2 Å². The quantitative estimate of drug-likeness (QED) is 0.696. The van der Waals surface area contributed by atoms with Gasteiger partial charge in [-0.1, -0.05) is 23.7 Å². The van der Waals surface area contributed by atoms with E-state index in [9.17, 15) is 14.7 Å². The van der Waals surface area contributed by atoms with Crippen molar-refractivity contribution >= 4 is 40.6 Å². The first-order chi connectivity index (χ1) is 13.4. The van der Waals surface area contributed by atoms with Gasteiger partial charge in [-0.15, -0.1) is 0 Å². The number of hydrogen-bond donors (Lipinski definition) is 1. The fraction of sp³-hybridized carbons (Fsp3) is 0.200. The lowest BCUT2D eigenvalue weighted by Gasteiger charge is -2.13. The summed E-state index contributed by atoms with van der Waals surface area (Å²) in [5.74, 6) is 0.298. The number of phenols is 1. The summed E-state index contributed by atoms with van der Waals surface area (Å²) in [5, 5.41) is 9.53. The molecule has 0 aliphatic carbocycles. The normalized spacial score (nSPS) is 15.4. The van der Waals surface area contributed by atoms with Crippen molar-refractivity contribution in [1.29, 1.82) is 0 Å². The number of aryl methyl sites for hydroxylation is 1. The largest absolute Gasteiger partial charge is 0.503 e. The molecule has 1 heterocycles. The molecule has 1 N–H and O–H groups in total. The zero-order chi connectivity index (χ0) is 20.3. The van der Waals surface area contributed by atoms with Crippen LogP contribution in [0, 0.1) is 6.92 Å². The van der Waals surface area contributed by atoms with Crippen molar-refractivity contribution < 1.29 is 24.2 Å². The van der Waals surface area contributed by atoms with Crippen molar-refractivity contribution in [2.45, 2.75) is 6.92 Å². The predicted molar refractivity (Wildman–Crippen MR) is 109 cm³/mol. The molecule has 1 saturated heterocycles. The number of nitrogens with zero attached hydrogens (tertiary/aromatic N) is 1. The van der Waals surface area contributed by atoms with Gasteiger partial charge in [0.15, 0.2) is 11.5 Å². The molecule has 0 spiro atoms. The minimum absolute atomic E-state index is 0.0939. The van der Waals surface area contributed by atoms with Gasteiger partial charge in [-0.2, -0.15) is 0 Å². The summed E-state index contributed by atoms with van der Waals surface area (Å²) in [6, 6.07) is 10.6. The molecule has 2 aromatic carbocycles. The average Bonchev–Trinajstić information content (AvgIpc) is 2.92. The lowest BCUT2D eigenvalue weighted by atomic mass is 10.2. The molecule has 1 fully saturated rings. The van der Waals surface area contributed by atoms with E-state index in [-0.39, 0.29) is 39.8 Å². The van der Waals surface area contributed by atoms with Gasteiger partial charge >= 0.3 is 0 Å². The first kappa shape index (κ1) is 20.1. The van der Waals surface area contributed by atoms with E-state index in [0.29, 0.717) is 11.3 Å². The Morgan fingerprint density at radius 2 is 2.04 bits per heavy atom. The van der Waals surface area contributed by atoms with Gasteiger partial charge in [0, 0.05) is 0 Å². The maximum absolute atomic E-state index is 12.6. The molecule has 0 radical (unpaired) electrons. The van der Waals surface area contributed by atoms with E-state index in [4.69, 9.17) is 21.1 Å². The molecule has 0 saturated carbocycles. The molecule has 2 aromatic rings. The SMILES string of the molecule is COc1cc(/C=C2\SC(=O)N(CCOc3cccc(C)c3)C2=O)cc(Cl)c1O. The van der Waals surface area contributed by atoms with Crippen molar-refractivity contribution in [3.05, 3.63) is 57.5 Å². The number of ether oxygens (including phenoxy) is 2. The summed E-state index contributed by atoms with van der Waals surface area (Å²) in [5.41, 5.74) is 1.61. The van der Waals surface area contributed by atoms with Crippen LogP contribution in [0.2, 0.25) is 5.02 Å². The van der Waals surface area contributed by atoms with Gasteiger partial charge in [-0.3, -0.25) is 14.5 Å². The predicted octanol–water partition coefficient (Wildman–Crippen LogP) is 4.48. The molecule has 28 heavy (non-hydrogen) atoms. The zero-order valence-corrected chi connectivity index (χ0v) is 16.8. The van der Waals surface area contributed by atoms with Crippen molar-refractivity contribution in [3.63, 3.8) is 0 Å². The molecular weight excluding hydrogens is 402 g/mol. The van der Waals surface area contributed by atoms with Gasteiger partial charge in [-0.05, 0) is 60.2 Å². The van der Waals surface area contributed by atoms with Crippen LogP contribution in [0.5, 0.6) is 17.2 Å². The van der Waals surface area contributed by atoms with Crippen LogP contribution < -0.4 is 9.47 Å². The van der Waals surface area contributed by atoms with E-state index in [2.05, 4.69) is 0 Å². The highest BCUT2D eigenvalue weighted by Gasteiger charge is 2.34. The lowest BCUT2D eigenvalue weighted by Crippen LogP contribution is -2.32. The summed E-state index contributed by atoms with van der Waals surface area (Å²) >= 11 is 6.82. The van der Waals surface area contributed by atoms with Gasteiger partial charge in [0.25, 0.3) is 11.1 Å². The summed E-state index contributed by atoms with van der Waals surface area (Å²) in [6.45, 7) is 2.31. The fourth-order valence-electron chi connectivity index (χ4n) is 2.64. The number of phenolic OH excluding ortho intramolecular Hbond substituents is 1. The maximum atomic E-state index is 12.6. The number of thioether (sulfide) groups is 1. The van der Waals surface area contributed by atoms with Gasteiger partial charge in [-0.25, -0.2) is 0 Å². The highest BCUT2D eigenvalue weighted by molar-refractivity contribution is 8.18. The van der Waals surface area contributed by atoms with Crippen molar-refractivity contribution in [3.8, 4) is 17.2 Å². The third-order valence-corrected chi connectivity index (χ3v) is 5.21. The van der Waals surface area contributed by atoms with Crippen molar-refractivity contribution in [1.82, 2.24) is 4.90 Å². The molecule has 2 amide bonds. The molecule has 1 aliphatic heterocycles. The number of benzene rings is 2. The lowest BCUT2D eigenvalue weighted by molar-refractivity contribution is -0.123. The summed E-state index contributed by atoms with van der Waals surface area (Å²) in [7, 11) is 1.40. The molecule has 0 atom stereocenters. The van der Waals surface area contributed by atoms with Gasteiger partial charge in [0.05, 0.1) is 23.6 Å². The Labute approximate surface area is 171 Å². The van der Waals surface area contributed by atoms with E-state index >= 15 is 0 Å². The zero-order valence-electron chi connectivity index (χ0n) is 15.3. The van der Waals surface area contributed by atoms with Crippen LogP contribution in [-0.2, 0) is 4.79 Å². The van der Waals surface area contributed by atoms with Gasteiger partial charge in [0.2, 0.25) is 0 Å². The van der Waals surface area contributed by atoms with E-state index in [1.54, 1.807) is 6.08 Å². The first-order valence-corrected chi connectivity index (χ1v) is 9.60. The minimum atomic E-state index is -0.397. The molecular formula is C20H18ClNO5S. The topological polar surface area (TPSA) is 76.1 Å². The third-order valence-electron chi connectivity index (χ3n) is 4.02. The Kier molecular flexibility index (Phi) is 6.16. The Bertz CT molecular complexity index is 960. The Morgan fingerprint density at radius 1 is 1.25 bits per heavy atom. The van der Waals surface area contributed by atoms with Crippen molar-refractivity contribution in [2.24, 2.45) is 0 Å². The first-order valence-electron chi connectivity index (χ1n) is 8.40. The molecule has 3 rings (SSSR count).